The van der Waals surface area contributed by atoms with Crippen LogP contribution in [0.4, 0.5) is 0 Å². The second-order valence-corrected chi connectivity index (χ2v) is 8.01. The Morgan fingerprint density at radius 2 is 1.61 bits per heavy atom. The van der Waals surface area contributed by atoms with Crippen LogP contribution < -0.4 is 11.1 Å². The lowest BCUT2D eigenvalue weighted by Crippen LogP contribution is -2.23. The molecular formula is C16H34N2. The van der Waals surface area contributed by atoms with Crippen LogP contribution in [0.25, 0.3) is 0 Å². The van der Waals surface area contributed by atoms with E-state index < -0.39 is 0 Å². The summed E-state index contributed by atoms with van der Waals surface area (Å²) in [5.41, 5.74) is 7.07. The standard InChI is InChI=1S/C16H34N2/c1-14(2,9-10-17)8-7-11-18-12-13-15(3,4)16(13,5)6/h13,18H,7-12,17H2,1-6H3. The first kappa shape index (κ1) is 16.0. The summed E-state index contributed by atoms with van der Waals surface area (Å²) in [5, 5.41) is 3.64. The molecule has 1 saturated carbocycles. The first-order valence-electron chi connectivity index (χ1n) is 7.56. The normalized spacial score (nSPS) is 22.2. The van der Waals surface area contributed by atoms with Crippen LogP contribution in [0.1, 0.15) is 60.8 Å². The van der Waals surface area contributed by atoms with Gasteiger partial charge in [-0.2, -0.15) is 0 Å². The zero-order valence-electron chi connectivity index (χ0n) is 13.4. The molecule has 0 atom stereocenters. The molecule has 1 aliphatic carbocycles. The van der Waals surface area contributed by atoms with Crippen LogP contribution in [-0.2, 0) is 0 Å². The van der Waals surface area contributed by atoms with Gasteiger partial charge in [0.25, 0.3) is 0 Å². The maximum Gasteiger partial charge on any atom is -0.000989 e. The van der Waals surface area contributed by atoms with Crippen molar-refractivity contribution >= 4 is 0 Å². The van der Waals surface area contributed by atoms with Crippen LogP contribution in [0.15, 0.2) is 0 Å². The summed E-state index contributed by atoms with van der Waals surface area (Å²) in [5.74, 6) is 0.835. The van der Waals surface area contributed by atoms with Crippen LogP contribution in [-0.4, -0.2) is 19.6 Å². The number of rotatable bonds is 8. The summed E-state index contributed by atoms with van der Waals surface area (Å²) in [6.07, 6.45) is 3.67. The molecule has 0 aromatic heterocycles. The lowest BCUT2D eigenvalue weighted by molar-refractivity contribution is 0.301. The van der Waals surface area contributed by atoms with Gasteiger partial charge in [-0.05, 0) is 61.1 Å². The number of hydrogen-bond acceptors (Lipinski definition) is 2. The van der Waals surface area contributed by atoms with Gasteiger partial charge >= 0.3 is 0 Å². The van der Waals surface area contributed by atoms with Crippen LogP contribution >= 0.6 is 0 Å². The predicted octanol–water partition coefficient (Wildman–Crippen LogP) is 3.41. The quantitative estimate of drug-likeness (QED) is 0.651. The van der Waals surface area contributed by atoms with Gasteiger partial charge in [0.2, 0.25) is 0 Å². The summed E-state index contributed by atoms with van der Waals surface area (Å²) in [7, 11) is 0. The molecule has 0 saturated heterocycles. The highest BCUT2D eigenvalue weighted by Gasteiger charge is 2.63. The Kier molecular flexibility index (Phi) is 4.88. The first-order chi connectivity index (χ1) is 8.15. The van der Waals surface area contributed by atoms with E-state index in [1.807, 2.05) is 0 Å². The van der Waals surface area contributed by atoms with Gasteiger partial charge in [0.15, 0.2) is 0 Å². The second-order valence-electron chi connectivity index (χ2n) is 8.01. The summed E-state index contributed by atoms with van der Waals surface area (Å²) in [6, 6.07) is 0. The number of hydrogen-bond donors (Lipinski definition) is 2. The number of nitrogens with one attached hydrogen (secondary N) is 1. The van der Waals surface area contributed by atoms with Crippen LogP contribution in [0.3, 0.4) is 0 Å². The van der Waals surface area contributed by atoms with Crippen molar-refractivity contribution in [2.75, 3.05) is 19.6 Å². The second kappa shape index (κ2) is 5.50. The van der Waals surface area contributed by atoms with Crippen molar-refractivity contribution in [3.8, 4) is 0 Å². The molecule has 2 nitrogen and oxygen atoms in total. The fourth-order valence-electron chi connectivity index (χ4n) is 3.30. The molecule has 0 amide bonds. The molecule has 2 heteroatoms. The zero-order valence-corrected chi connectivity index (χ0v) is 13.4. The van der Waals surface area contributed by atoms with E-state index in [0.717, 1.165) is 25.4 Å². The van der Waals surface area contributed by atoms with Gasteiger partial charge in [0, 0.05) is 0 Å². The highest BCUT2D eigenvalue weighted by molar-refractivity contribution is 5.12. The van der Waals surface area contributed by atoms with Crippen molar-refractivity contribution < 1.29 is 0 Å². The van der Waals surface area contributed by atoms with E-state index >= 15 is 0 Å². The minimum absolute atomic E-state index is 0.411. The molecule has 0 aliphatic heterocycles. The Labute approximate surface area is 114 Å². The third-order valence-electron chi connectivity index (χ3n) is 5.70. The first-order valence-corrected chi connectivity index (χ1v) is 7.56. The van der Waals surface area contributed by atoms with Gasteiger partial charge in [0.05, 0.1) is 0 Å². The molecular weight excluding hydrogens is 220 g/mol. The Morgan fingerprint density at radius 1 is 1.06 bits per heavy atom. The molecule has 0 unspecified atom stereocenters. The van der Waals surface area contributed by atoms with E-state index in [-0.39, 0.29) is 0 Å². The monoisotopic (exact) mass is 254 g/mol. The lowest BCUT2D eigenvalue weighted by Gasteiger charge is -2.23. The van der Waals surface area contributed by atoms with Gasteiger partial charge in [-0.15, -0.1) is 0 Å². The Bertz CT molecular complexity index is 252. The average Bonchev–Trinajstić information content (AvgIpc) is 2.59. The molecule has 0 bridgehead atoms. The molecule has 0 aromatic rings. The maximum absolute atomic E-state index is 5.64. The molecule has 0 radical (unpaired) electrons. The largest absolute Gasteiger partial charge is 0.330 e. The smallest absolute Gasteiger partial charge is 0.000989 e. The molecule has 1 aliphatic rings. The molecule has 0 heterocycles. The fraction of sp³-hybridized carbons (Fsp3) is 1.00. The van der Waals surface area contributed by atoms with Gasteiger partial charge in [-0.3, -0.25) is 0 Å². The fourth-order valence-corrected chi connectivity index (χ4v) is 3.30. The van der Waals surface area contributed by atoms with Crippen molar-refractivity contribution in [1.82, 2.24) is 5.32 Å². The maximum atomic E-state index is 5.64. The lowest BCUT2D eigenvalue weighted by atomic mass is 9.84. The van der Waals surface area contributed by atoms with E-state index in [4.69, 9.17) is 5.73 Å². The van der Waals surface area contributed by atoms with Crippen molar-refractivity contribution in [2.24, 2.45) is 27.9 Å². The third kappa shape index (κ3) is 3.48. The van der Waals surface area contributed by atoms with Crippen molar-refractivity contribution in [3.63, 3.8) is 0 Å². The highest BCUT2D eigenvalue weighted by Crippen LogP contribution is 2.67. The van der Waals surface area contributed by atoms with E-state index in [0.29, 0.717) is 16.2 Å². The van der Waals surface area contributed by atoms with Crippen molar-refractivity contribution in [3.05, 3.63) is 0 Å². The Balaban J connectivity index is 2.11. The minimum Gasteiger partial charge on any atom is -0.330 e. The molecule has 1 fully saturated rings. The Morgan fingerprint density at radius 3 is 2.06 bits per heavy atom. The van der Waals surface area contributed by atoms with Crippen molar-refractivity contribution in [2.45, 2.75) is 60.8 Å². The average molecular weight is 254 g/mol. The molecule has 1 rings (SSSR count). The minimum atomic E-state index is 0.411. The van der Waals surface area contributed by atoms with Crippen LogP contribution in [0.2, 0.25) is 0 Å². The summed E-state index contributed by atoms with van der Waals surface area (Å²) in [6.45, 7) is 17.4. The van der Waals surface area contributed by atoms with Gasteiger partial charge in [0.1, 0.15) is 0 Å². The summed E-state index contributed by atoms with van der Waals surface area (Å²) < 4.78 is 0. The van der Waals surface area contributed by atoms with E-state index in [9.17, 15) is 0 Å². The summed E-state index contributed by atoms with van der Waals surface area (Å²) in [4.78, 5) is 0. The molecule has 18 heavy (non-hydrogen) atoms. The highest BCUT2D eigenvalue weighted by atomic mass is 14.9. The van der Waals surface area contributed by atoms with Gasteiger partial charge < -0.3 is 11.1 Å². The third-order valence-corrected chi connectivity index (χ3v) is 5.70. The topological polar surface area (TPSA) is 38.0 Å². The molecule has 3 N–H and O–H groups in total. The summed E-state index contributed by atoms with van der Waals surface area (Å²) >= 11 is 0. The van der Waals surface area contributed by atoms with E-state index in [2.05, 4.69) is 46.9 Å². The molecule has 0 spiro atoms. The van der Waals surface area contributed by atoms with Gasteiger partial charge in [-0.25, -0.2) is 0 Å². The SMILES string of the molecule is CC(C)(CCN)CCCNCC1C(C)(C)C1(C)C. The number of nitrogens with two attached hydrogens (primary N) is 1. The molecule has 0 aromatic carbocycles. The Hall–Kier alpha value is -0.0800. The van der Waals surface area contributed by atoms with Crippen LogP contribution in [0, 0.1) is 22.2 Å². The zero-order chi connectivity index (χ0) is 14.0. The van der Waals surface area contributed by atoms with E-state index in [1.54, 1.807) is 0 Å². The molecule has 108 valence electrons. The van der Waals surface area contributed by atoms with E-state index in [1.165, 1.54) is 19.4 Å². The van der Waals surface area contributed by atoms with Crippen LogP contribution in [0.5, 0.6) is 0 Å². The van der Waals surface area contributed by atoms with Crippen molar-refractivity contribution in [1.29, 1.82) is 0 Å². The van der Waals surface area contributed by atoms with Gasteiger partial charge in [-0.1, -0.05) is 41.5 Å². The predicted molar refractivity (Wildman–Crippen MR) is 80.6 cm³/mol.